The predicted molar refractivity (Wildman–Crippen MR) is 347 cm³/mol. The standard InChI is InChI=1S/C81H51NS2/c1-3-23-54(24-4-1)79(55-25-5-2-6-26-55)65-31-10-7-28-59(65)62-45-42-53(49-74(62)79)52-22-21-27-56(48-52)82(57-43-46-68-63(50-57)60-29-8-11-32-66(60)80(68)70-34-13-17-38-75(70)83-76-39-18-14-35-71(76)80)58-44-47-69-64(51-58)61-30-9-12-33-67(61)81(69)72-36-15-19-40-77(72)84-78-41-20-16-37-73(78)81/h1-51H. The molecule has 84 heavy (non-hydrogen) atoms. The number of fused-ring (bicyclic) bond motifs is 21. The molecular formula is C81H51NS2. The lowest BCUT2D eigenvalue weighted by Crippen LogP contribution is -2.32. The van der Waals surface area contributed by atoms with E-state index in [-0.39, 0.29) is 0 Å². The van der Waals surface area contributed by atoms with Crippen LogP contribution in [0, 0.1) is 0 Å². The molecule has 0 saturated heterocycles. The Balaban J connectivity index is 0.868. The fourth-order valence-corrected chi connectivity index (χ4v) is 18.3. The van der Waals surface area contributed by atoms with Crippen molar-refractivity contribution in [1.82, 2.24) is 0 Å². The van der Waals surface area contributed by atoms with Crippen LogP contribution >= 0.6 is 23.5 Å². The van der Waals surface area contributed by atoms with E-state index in [0.29, 0.717) is 0 Å². The van der Waals surface area contributed by atoms with E-state index in [1.54, 1.807) is 0 Å². The van der Waals surface area contributed by atoms with Crippen LogP contribution in [-0.4, -0.2) is 0 Å². The molecule has 0 aromatic heterocycles. The van der Waals surface area contributed by atoms with E-state index in [2.05, 4.69) is 314 Å². The highest BCUT2D eigenvalue weighted by Crippen LogP contribution is 2.65. The van der Waals surface area contributed by atoms with Crippen LogP contribution in [0.5, 0.6) is 0 Å². The van der Waals surface area contributed by atoms with Gasteiger partial charge < -0.3 is 4.90 Å². The lowest BCUT2D eigenvalue weighted by molar-refractivity contribution is 0.722. The number of hydrogen-bond acceptors (Lipinski definition) is 3. The zero-order chi connectivity index (χ0) is 55.1. The zero-order valence-corrected chi connectivity index (χ0v) is 47.3. The van der Waals surface area contributed by atoms with E-state index in [0.717, 1.165) is 22.6 Å². The summed E-state index contributed by atoms with van der Waals surface area (Å²) in [5, 5.41) is 0. The Hall–Kier alpha value is -9.64. The van der Waals surface area contributed by atoms with Gasteiger partial charge in [-0.25, -0.2) is 0 Å². The van der Waals surface area contributed by atoms with Crippen LogP contribution in [-0.2, 0) is 16.2 Å². The Morgan fingerprint density at radius 2 is 0.548 bits per heavy atom. The molecule has 392 valence electrons. The van der Waals surface area contributed by atoms with Gasteiger partial charge in [-0.2, -0.15) is 0 Å². The number of hydrogen-bond donors (Lipinski definition) is 0. The summed E-state index contributed by atoms with van der Waals surface area (Å²) in [5.41, 5.74) is 27.6. The first-order chi connectivity index (χ1) is 41.6. The van der Waals surface area contributed by atoms with Gasteiger partial charge in [-0.3, -0.25) is 0 Å². The van der Waals surface area contributed by atoms with Gasteiger partial charge in [0.15, 0.2) is 0 Å². The molecule has 0 fully saturated rings. The van der Waals surface area contributed by atoms with Gasteiger partial charge in [-0.05, 0) is 178 Å². The first-order valence-electron chi connectivity index (χ1n) is 29.1. The largest absolute Gasteiger partial charge is 0.310 e. The van der Waals surface area contributed by atoms with E-state index >= 15 is 0 Å². The molecule has 2 aliphatic heterocycles. The lowest BCUT2D eigenvalue weighted by atomic mass is 9.67. The van der Waals surface area contributed by atoms with Crippen molar-refractivity contribution in [3.8, 4) is 44.5 Å². The predicted octanol–water partition coefficient (Wildman–Crippen LogP) is 20.8. The van der Waals surface area contributed by atoms with Crippen molar-refractivity contribution in [1.29, 1.82) is 0 Å². The highest BCUT2D eigenvalue weighted by Gasteiger charge is 2.52. The average molecular weight is 1100 g/mol. The summed E-state index contributed by atoms with van der Waals surface area (Å²) in [7, 11) is 0. The van der Waals surface area contributed by atoms with Crippen LogP contribution in [0.15, 0.2) is 329 Å². The topological polar surface area (TPSA) is 3.24 Å². The van der Waals surface area contributed by atoms with Crippen LogP contribution in [0.1, 0.15) is 66.8 Å². The molecule has 13 aromatic rings. The molecule has 0 amide bonds. The van der Waals surface area contributed by atoms with Gasteiger partial charge in [0, 0.05) is 36.6 Å². The minimum absolute atomic E-state index is 0.480. The minimum atomic E-state index is -0.514. The van der Waals surface area contributed by atoms with E-state index in [4.69, 9.17) is 0 Å². The van der Waals surface area contributed by atoms with E-state index < -0.39 is 16.2 Å². The Labute approximate surface area is 498 Å². The van der Waals surface area contributed by atoms with Crippen molar-refractivity contribution < 1.29 is 0 Å². The molecule has 18 rings (SSSR count). The monoisotopic (exact) mass is 1100 g/mol. The summed E-state index contributed by atoms with van der Waals surface area (Å²) in [6.07, 6.45) is 0. The lowest BCUT2D eigenvalue weighted by Gasteiger charge is -2.40. The van der Waals surface area contributed by atoms with Crippen LogP contribution in [0.3, 0.4) is 0 Å². The van der Waals surface area contributed by atoms with Crippen molar-refractivity contribution in [2.24, 2.45) is 0 Å². The maximum atomic E-state index is 2.53. The van der Waals surface area contributed by atoms with Crippen LogP contribution in [0.4, 0.5) is 17.1 Å². The zero-order valence-electron chi connectivity index (χ0n) is 45.7. The fraction of sp³-hybridized carbons (Fsp3) is 0.0370. The van der Waals surface area contributed by atoms with Gasteiger partial charge in [0.1, 0.15) is 0 Å². The van der Waals surface area contributed by atoms with E-state index in [1.165, 1.54) is 125 Å². The molecule has 0 bridgehead atoms. The molecule has 1 nitrogen and oxygen atoms in total. The molecule has 3 heteroatoms. The molecule has 13 aromatic carbocycles. The maximum absolute atomic E-state index is 2.53. The quantitative estimate of drug-likeness (QED) is 0.163. The molecule has 0 N–H and O–H groups in total. The molecule has 0 unspecified atom stereocenters. The van der Waals surface area contributed by atoms with Crippen LogP contribution < -0.4 is 4.90 Å². The van der Waals surface area contributed by atoms with Gasteiger partial charge in [0.2, 0.25) is 0 Å². The average Bonchev–Trinajstić information content (AvgIpc) is 1.63. The summed E-state index contributed by atoms with van der Waals surface area (Å²) in [5.74, 6) is 0. The number of rotatable bonds is 6. The van der Waals surface area contributed by atoms with Crippen molar-refractivity contribution in [2.45, 2.75) is 35.8 Å². The fourth-order valence-electron chi connectivity index (χ4n) is 15.9. The maximum Gasteiger partial charge on any atom is 0.0735 e. The summed E-state index contributed by atoms with van der Waals surface area (Å²) in [4.78, 5) is 7.75. The molecule has 5 aliphatic rings. The van der Waals surface area contributed by atoms with Gasteiger partial charge in [0.05, 0.1) is 16.2 Å². The summed E-state index contributed by atoms with van der Waals surface area (Å²) < 4.78 is 0. The Morgan fingerprint density at radius 3 is 1.01 bits per heavy atom. The highest BCUT2D eigenvalue weighted by atomic mass is 32.2. The number of anilines is 3. The smallest absolute Gasteiger partial charge is 0.0735 e. The van der Waals surface area contributed by atoms with Gasteiger partial charge >= 0.3 is 0 Å². The molecule has 0 radical (unpaired) electrons. The van der Waals surface area contributed by atoms with E-state index in [9.17, 15) is 0 Å². The van der Waals surface area contributed by atoms with Crippen LogP contribution in [0.2, 0.25) is 0 Å². The summed E-state index contributed by atoms with van der Waals surface area (Å²) >= 11 is 3.78. The van der Waals surface area contributed by atoms with Crippen molar-refractivity contribution >= 4 is 40.6 Å². The van der Waals surface area contributed by atoms with Crippen molar-refractivity contribution in [2.75, 3.05) is 4.90 Å². The molecule has 3 aliphatic carbocycles. The number of benzene rings is 13. The van der Waals surface area contributed by atoms with Crippen LogP contribution in [0.25, 0.3) is 44.5 Å². The Morgan fingerprint density at radius 1 is 0.202 bits per heavy atom. The third-order valence-electron chi connectivity index (χ3n) is 19.1. The second-order valence-electron chi connectivity index (χ2n) is 22.9. The molecule has 2 spiro atoms. The van der Waals surface area contributed by atoms with E-state index in [1.807, 2.05) is 23.5 Å². The van der Waals surface area contributed by atoms with Gasteiger partial charge in [-0.15, -0.1) is 0 Å². The summed E-state index contributed by atoms with van der Waals surface area (Å²) in [6, 6.07) is 117. The Bertz CT molecular complexity index is 4560. The van der Waals surface area contributed by atoms with Crippen molar-refractivity contribution in [3.63, 3.8) is 0 Å². The SMILES string of the molecule is c1ccc(C2(c3ccccc3)c3ccccc3-c3ccc(-c4cccc(N(c5ccc6c(c5)-c5ccccc5C65c6ccccc6Sc6ccccc65)c5ccc6c(c5)-c5ccccc5C65c6ccccc6Sc6ccccc65)c4)cc32)cc1. The third-order valence-corrected chi connectivity index (χ3v) is 21.4. The van der Waals surface area contributed by atoms with Gasteiger partial charge in [0.25, 0.3) is 0 Å². The highest BCUT2D eigenvalue weighted by molar-refractivity contribution is 7.99. The summed E-state index contributed by atoms with van der Waals surface area (Å²) in [6.45, 7) is 0. The molecular weight excluding hydrogens is 1050 g/mol. The third kappa shape index (κ3) is 6.38. The molecule has 0 saturated carbocycles. The Kier molecular flexibility index (Phi) is 10.4. The second kappa shape index (κ2) is 18.2. The normalized spacial score (nSPS) is 14.9. The molecule has 2 heterocycles. The first-order valence-corrected chi connectivity index (χ1v) is 30.8. The first kappa shape index (κ1) is 47.9. The second-order valence-corrected chi connectivity index (χ2v) is 25.1. The minimum Gasteiger partial charge on any atom is -0.310 e. The number of nitrogens with zero attached hydrogens (tertiary/aromatic N) is 1. The van der Waals surface area contributed by atoms with Gasteiger partial charge in [-0.1, -0.05) is 266 Å². The van der Waals surface area contributed by atoms with Crippen molar-refractivity contribution in [3.05, 3.63) is 376 Å². The molecule has 0 atom stereocenters.